The number of anilines is 2. The number of carbonyl (C=O) groups is 1. The van der Waals surface area contributed by atoms with Crippen molar-refractivity contribution in [2.45, 2.75) is 32.9 Å². The van der Waals surface area contributed by atoms with Gasteiger partial charge in [-0.1, -0.05) is 34.1 Å². The summed E-state index contributed by atoms with van der Waals surface area (Å²) in [5, 5.41) is 6.06. The van der Waals surface area contributed by atoms with Crippen molar-refractivity contribution in [3.8, 4) is 0 Å². The monoisotopic (exact) mass is 376 g/mol. The molecular weight excluding hydrogens is 356 g/mol. The summed E-state index contributed by atoms with van der Waals surface area (Å²) in [6.45, 7) is 6.23. The van der Waals surface area contributed by atoms with Crippen molar-refractivity contribution < 1.29 is 9.53 Å². The SMILES string of the molecule is CC(C)(C)OC(=O)Nc1ccc(NCc2ccccc2Br)cc1. The Kier molecular flexibility index (Phi) is 5.66. The molecule has 2 aromatic carbocycles. The van der Waals surface area contributed by atoms with Crippen LogP contribution in [0.5, 0.6) is 0 Å². The number of rotatable bonds is 4. The van der Waals surface area contributed by atoms with E-state index < -0.39 is 11.7 Å². The lowest BCUT2D eigenvalue weighted by molar-refractivity contribution is 0.0636. The maximum Gasteiger partial charge on any atom is 0.412 e. The topological polar surface area (TPSA) is 50.4 Å². The van der Waals surface area contributed by atoms with Crippen molar-refractivity contribution in [1.82, 2.24) is 0 Å². The van der Waals surface area contributed by atoms with Gasteiger partial charge in [0.2, 0.25) is 0 Å². The number of benzene rings is 2. The number of hydrogen-bond donors (Lipinski definition) is 2. The molecule has 0 aliphatic carbocycles. The van der Waals surface area contributed by atoms with Crippen LogP contribution in [0.3, 0.4) is 0 Å². The fourth-order valence-electron chi connectivity index (χ4n) is 1.93. The van der Waals surface area contributed by atoms with Crippen LogP contribution in [0.4, 0.5) is 16.2 Å². The van der Waals surface area contributed by atoms with E-state index in [0.29, 0.717) is 5.69 Å². The molecule has 1 amide bonds. The molecule has 122 valence electrons. The number of ether oxygens (including phenoxy) is 1. The van der Waals surface area contributed by atoms with Crippen molar-refractivity contribution in [1.29, 1.82) is 0 Å². The van der Waals surface area contributed by atoms with Crippen molar-refractivity contribution in [2.24, 2.45) is 0 Å². The molecule has 0 spiro atoms. The molecule has 0 heterocycles. The quantitative estimate of drug-likeness (QED) is 0.749. The molecule has 23 heavy (non-hydrogen) atoms. The highest BCUT2D eigenvalue weighted by molar-refractivity contribution is 9.10. The molecule has 0 aliphatic rings. The summed E-state index contributed by atoms with van der Waals surface area (Å²) in [4.78, 5) is 11.7. The Bertz CT molecular complexity index is 663. The smallest absolute Gasteiger partial charge is 0.412 e. The van der Waals surface area contributed by atoms with Gasteiger partial charge in [0.1, 0.15) is 5.60 Å². The number of hydrogen-bond acceptors (Lipinski definition) is 3. The Morgan fingerprint density at radius 2 is 1.65 bits per heavy atom. The lowest BCUT2D eigenvalue weighted by atomic mass is 10.2. The number of amides is 1. The Labute approximate surface area is 145 Å². The van der Waals surface area contributed by atoms with E-state index in [-0.39, 0.29) is 0 Å². The standard InChI is InChI=1S/C18H21BrN2O2/c1-18(2,3)23-17(22)21-15-10-8-14(9-11-15)20-12-13-6-4-5-7-16(13)19/h4-11,20H,12H2,1-3H3,(H,21,22). The van der Waals surface area contributed by atoms with Gasteiger partial charge in [-0.25, -0.2) is 4.79 Å². The zero-order valence-electron chi connectivity index (χ0n) is 13.5. The second-order valence-corrected chi connectivity index (χ2v) is 7.00. The predicted molar refractivity (Wildman–Crippen MR) is 97.8 cm³/mol. The minimum atomic E-state index is -0.505. The summed E-state index contributed by atoms with van der Waals surface area (Å²) in [7, 11) is 0. The summed E-state index contributed by atoms with van der Waals surface area (Å²) >= 11 is 3.53. The average Bonchev–Trinajstić information content (AvgIpc) is 2.46. The fourth-order valence-corrected chi connectivity index (χ4v) is 2.36. The molecule has 0 fully saturated rings. The van der Waals surface area contributed by atoms with Crippen LogP contribution in [0.2, 0.25) is 0 Å². The van der Waals surface area contributed by atoms with Gasteiger partial charge in [0.05, 0.1) is 0 Å². The average molecular weight is 377 g/mol. The van der Waals surface area contributed by atoms with E-state index in [2.05, 4.69) is 32.6 Å². The van der Waals surface area contributed by atoms with Gasteiger partial charge in [0.15, 0.2) is 0 Å². The van der Waals surface area contributed by atoms with Crippen LogP contribution in [0.25, 0.3) is 0 Å². The summed E-state index contributed by atoms with van der Waals surface area (Å²) < 4.78 is 6.30. The minimum absolute atomic E-state index is 0.452. The maximum atomic E-state index is 11.7. The first-order valence-corrected chi connectivity index (χ1v) is 8.20. The van der Waals surface area contributed by atoms with Crippen LogP contribution in [-0.2, 0) is 11.3 Å². The Morgan fingerprint density at radius 1 is 1.04 bits per heavy atom. The van der Waals surface area contributed by atoms with Crippen LogP contribution < -0.4 is 10.6 Å². The third kappa shape index (κ3) is 5.94. The van der Waals surface area contributed by atoms with Gasteiger partial charge in [0, 0.05) is 22.4 Å². The zero-order valence-corrected chi connectivity index (χ0v) is 15.1. The predicted octanol–water partition coefficient (Wildman–Crippen LogP) is 5.41. The highest BCUT2D eigenvalue weighted by Crippen LogP contribution is 2.19. The highest BCUT2D eigenvalue weighted by atomic mass is 79.9. The highest BCUT2D eigenvalue weighted by Gasteiger charge is 2.16. The van der Waals surface area contributed by atoms with Crippen LogP contribution in [0, 0.1) is 0 Å². The minimum Gasteiger partial charge on any atom is -0.444 e. The Hall–Kier alpha value is -2.01. The molecule has 5 heteroatoms. The van der Waals surface area contributed by atoms with E-state index in [4.69, 9.17) is 4.74 Å². The van der Waals surface area contributed by atoms with E-state index in [9.17, 15) is 4.79 Å². The van der Waals surface area contributed by atoms with Gasteiger partial charge < -0.3 is 10.1 Å². The van der Waals surface area contributed by atoms with Gasteiger partial charge in [-0.2, -0.15) is 0 Å². The maximum absolute atomic E-state index is 11.7. The Morgan fingerprint density at radius 3 is 2.26 bits per heavy atom. The summed E-state index contributed by atoms with van der Waals surface area (Å²) in [5.74, 6) is 0. The molecule has 4 nitrogen and oxygen atoms in total. The summed E-state index contributed by atoms with van der Waals surface area (Å²) in [6.07, 6.45) is -0.452. The molecule has 0 bridgehead atoms. The molecule has 2 rings (SSSR count). The first-order valence-electron chi connectivity index (χ1n) is 7.41. The van der Waals surface area contributed by atoms with E-state index >= 15 is 0 Å². The van der Waals surface area contributed by atoms with Gasteiger partial charge in [0.25, 0.3) is 0 Å². The van der Waals surface area contributed by atoms with E-state index in [1.165, 1.54) is 5.56 Å². The van der Waals surface area contributed by atoms with Crippen molar-refractivity contribution >= 4 is 33.4 Å². The number of nitrogens with one attached hydrogen (secondary N) is 2. The zero-order chi connectivity index (χ0) is 16.9. The molecule has 0 radical (unpaired) electrons. The van der Waals surface area contributed by atoms with Gasteiger partial charge >= 0.3 is 6.09 Å². The fraction of sp³-hybridized carbons (Fsp3) is 0.278. The van der Waals surface area contributed by atoms with Gasteiger partial charge in [-0.15, -0.1) is 0 Å². The van der Waals surface area contributed by atoms with Crippen molar-refractivity contribution in [2.75, 3.05) is 10.6 Å². The molecule has 2 N–H and O–H groups in total. The van der Waals surface area contributed by atoms with Crippen LogP contribution >= 0.6 is 15.9 Å². The van der Waals surface area contributed by atoms with Crippen LogP contribution in [0.1, 0.15) is 26.3 Å². The van der Waals surface area contributed by atoms with Crippen molar-refractivity contribution in [3.63, 3.8) is 0 Å². The largest absolute Gasteiger partial charge is 0.444 e. The first kappa shape index (κ1) is 17.3. The van der Waals surface area contributed by atoms with E-state index in [1.807, 2.05) is 63.2 Å². The van der Waals surface area contributed by atoms with Crippen LogP contribution in [0.15, 0.2) is 53.0 Å². The van der Waals surface area contributed by atoms with Crippen LogP contribution in [-0.4, -0.2) is 11.7 Å². The van der Waals surface area contributed by atoms with Crippen molar-refractivity contribution in [3.05, 3.63) is 58.6 Å². The lowest BCUT2D eigenvalue weighted by Gasteiger charge is -2.19. The summed E-state index contributed by atoms with van der Waals surface area (Å²) in [5.41, 5.74) is 2.36. The summed E-state index contributed by atoms with van der Waals surface area (Å²) in [6, 6.07) is 15.6. The van der Waals surface area contributed by atoms with Gasteiger partial charge in [-0.05, 0) is 56.7 Å². The second kappa shape index (κ2) is 7.51. The van der Waals surface area contributed by atoms with Gasteiger partial charge in [-0.3, -0.25) is 5.32 Å². The van der Waals surface area contributed by atoms with E-state index in [1.54, 1.807) is 0 Å². The molecule has 0 unspecified atom stereocenters. The second-order valence-electron chi connectivity index (χ2n) is 6.15. The molecule has 0 atom stereocenters. The molecule has 0 aromatic heterocycles. The Balaban J connectivity index is 1.90. The molecule has 2 aromatic rings. The number of halogens is 1. The molecule has 0 saturated heterocycles. The molecule has 0 aliphatic heterocycles. The third-order valence-corrected chi connectivity index (χ3v) is 3.74. The molecule has 0 saturated carbocycles. The normalized spacial score (nSPS) is 11.0. The first-order chi connectivity index (χ1) is 10.8. The lowest BCUT2D eigenvalue weighted by Crippen LogP contribution is -2.27. The third-order valence-electron chi connectivity index (χ3n) is 2.97. The van der Waals surface area contributed by atoms with E-state index in [0.717, 1.165) is 16.7 Å². The number of carbonyl (C=O) groups excluding carboxylic acids is 1. The molecular formula is C18H21BrN2O2.